The Labute approximate surface area is 107 Å². The number of carbonyl (C=O) groups excluding carboxylic acids is 1. The smallest absolute Gasteiger partial charge is 0.140 e. The first-order chi connectivity index (χ1) is 7.79. The minimum absolute atomic E-state index is 0.134. The lowest BCUT2D eigenvalue weighted by molar-refractivity contribution is -0.134. The van der Waals surface area contributed by atoms with Gasteiger partial charge in [-0.2, -0.15) is 0 Å². The van der Waals surface area contributed by atoms with E-state index >= 15 is 0 Å². The molecule has 1 atom stereocenters. The highest BCUT2D eigenvalue weighted by Crippen LogP contribution is 2.43. The molecule has 1 N–H and O–H groups in total. The molecular formula is C15H29NO. The highest BCUT2D eigenvalue weighted by Gasteiger charge is 2.45. The summed E-state index contributed by atoms with van der Waals surface area (Å²) in [5, 5.41) is 3.59. The molecule has 1 fully saturated rings. The second-order valence-corrected chi connectivity index (χ2v) is 6.89. The molecule has 2 heteroatoms. The van der Waals surface area contributed by atoms with Gasteiger partial charge in [-0.05, 0) is 24.8 Å². The number of carbonyl (C=O) groups is 1. The lowest BCUT2D eigenvalue weighted by Crippen LogP contribution is -2.52. The van der Waals surface area contributed by atoms with Crippen LogP contribution in [0.25, 0.3) is 0 Å². The van der Waals surface area contributed by atoms with E-state index in [4.69, 9.17) is 0 Å². The van der Waals surface area contributed by atoms with Crippen LogP contribution in [-0.2, 0) is 4.79 Å². The van der Waals surface area contributed by atoms with Gasteiger partial charge >= 0.3 is 0 Å². The van der Waals surface area contributed by atoms with Crippen LogP contribution >= 0.6 is 0 Å². The zero-order valence-electron chi connectivity index (χ0n) is 12.2. The number of rotatable bonds is 5. The first-order valence-electron chi connectivity index (χ1n) is 7.06. The Morgan fingerprint density at radius 1 is 1.24 bits per heavy atom. The van der Waals surface area contributed by atoms with E-state index in [9.17, 15) is 4.79 Å². The standard InChI is InChI=1S/C15H29NO/c1-6-7-8-9-16-12-10-13(17)15(4,5)11-14(12,2)3/h12,16H,6-11H2,1-5H3. The van der Waals surface area contributed by atoms with Crippen molar-refractivity contribution in [1.29, 1.82) is 0 Å². The highest BCUT2D eigenvalue weighted by molar-refractivity contribution is 5.85. The fourth-order valence-corrected chi connectivity index (χ4v) is 3.10. The molecule has 1 rings (SSSR count). The van der Waals surface area contributed by atoms with E-state index < -0.39 is 0 Å². The molecule has 0 spiro atoms. The van der Waals surface area contributed by atoms with E-state index in [1.165, 1.54) is 19.3 Å². The van der Waals surface area contributed by atoms with Crippen molar-refractivity contribution in [1.82, 2.24) is 5.32 Å². The van der Waals surface area contributed by atoms with Crippen LogP contribution in [-0.4, -0.2) is 18.4 Å². The number of ketones is 1. The van der Waals surface area contributed by atoms with E-state index in [0.717, 1.165) is 13.0 Å². The maximum absolute atomic E-state index is 12.1. The normalized spacial score (nSPS) is 27.1. The average molecular weight is 239 g/mol. The molecule has 0 aromatic rings. The van der Waals surface area contributed by atoms with Crippen LogP contribution in [0.5, 0.6) is 0 Å². The van der Waals surface area contributed by atoms with E-state index in [-0.39, 0.29) is 10.8 Å². The van der Waals surface area contributed by atoms with Crippen molar-refractivity contribution in [3.63, 3.8) is 0 Å². The molecular weight excluding hydrogens is 210 g/mol. The minimum Gasteiger partial charge on any atom is -0.313 e. The van der Waals surface area contributed by atoms with E-state index in [1.807, 2.05) is 0 Å². The van der Waals surface area contributed by atoms with Crippen LogP contribution in [0.2, 0.25) is 0 Å². The first-order valence-corrected chi connectivity index (χ1v) is 7.06. The van der Waals surface area contributed by atoms with Crippen LogP contribution in [0.3, 0.4) is 0 Å². The summed E-state index contributed by atoms with van der Waals surface area (Å²) in [6.45, 7) is 12.0. The van der Waals surface area contributed by atoms with Crippen molar-refractivity contribution in [2.75, 3.05) is 6.54 Å². The highest BCUT2D eigenvalue weighted by atomic mass is 16.1. The minimum atomic E-state index is -0.134. The number of hydrogen-bond acceptors (Lipinski definition) is 2. The second-order valence-electron chi connectivity index (χ2n) is 6.89. The molecule has 1 saturated carbocycles. The molecule has 1 aliphatic rings. The molecule has 1 unspecified atom stereocenters. The third-order valence-electron chi connectivity index (χ3n) is 4.16. The molecule has 0 aromatic carbocycles. The quantitative estimate of drug-likeness (QED) is 0.743. The van der Waals surface area contributed by atoms with Gasteiger partial charge in [-0.3, -0.25) is 4.79 Å². The van der Waals surface area contributed by atoms with E-state index in [1.54, 1.807) is 0 Å². The van der Waals surface area contributed by atoms with Crippen LogP contribution in [0.1, 0.15) is 66.7 Å². The largest absolute Gasteiger partial charge is 0.313 e. The topological polar surface area (TPSA) is 29.1 Å². The maximum Gasteiger partial charge on any atom is 0.140 e. The zero-order valence-corrected chi connectivity index (χ0v) is 12.2. The summed E-state index contributed by atoms with van der Waals surface area (Å²) in [5.41, 5.74) is 0.0920. The molecule has 2 nitrogen and oxygen atoms in total. The van der Waals surface area contributed by atoms with Crippen LogP contribution in [0, 0.1) is 10.8 Å². The van der Waals surface area contributed by atoms with Crippen molar-refractivity contribution in [3.8, 4) is 0 Å². The van der Waals surface area contributed by atoms with Gasteiger partial charge in [0.15, 0.2) is 0 Å². The first kappa shape index (κ1) is 14.7. The number of Topliss-reactive ketones (excluding diaryl/α,β-unsaturated/α-hetero) is 1. The molecule has 0 heterocycles. The van der Waals surface area contributed by atoms with Gasteiger partial charge < -0.3 is 5.32 Å². The van der Waals surface area contributed by atoms with Gasteiger partial charge in [-0.1, -0.05) is 47.5 Å². The van der Waals surface area contributed by atoms with Gasteiger partial charge in [0.2, 0.25) is 0 Å². The van der Waals surface area contributed by atoms with E-state index in [2.05, 4.69) is 39.9 Å². The van der Waals surface area contributed by atoms with Crippen molar-refractivity contribution >= 4 is 5.78 Å². The summed E-state index contributed by atoms with van der Waals surface area (Å²) >= 11 is 0. The molecule has 0 radical (unpaired) electrons. The third kappa shape index (κ3) is 3.80. The molecule has 0 aliphatic heterocycles. The van der Waals surface area contributed by atoms with Gasteiger partial charge in [0.05, 0.1) is 0 Å². The Morgan fingerprint density at radius 2 is 1.88 bits per heavy atom. The SMILES string of the molecule is CCCCCNC1CC(=O)C(C)(C)CC1(C)C. The van der Waals surface area contributed by atoms with E-state index in [0.29, 0.717) is 18.2 Å². The van der Waals surface area contributed by atoms with Gasteiger partial charge in [0.25, 0.3) is 0 Å². The Balaban J connectivity index is 2.52. The van der Waals surface area contributed by atoms with Crippen LogP contribution in [0.15, 0.2) is 0 Å². The Kier molecular flexibility index (Phi) is 4.77. The Bertz CT molecular complexity index is 268. The average Bonchev–Trinajstić information content (AvgIpc) is 2.18. The molecule has 0 saturated heterocycles. The fraction of sp³-hybridized carbons (Fsp3) is 0.933. The number of unbranched alkanes of at least 4 members (excludes halogenated alkanes) is 2. The van der Waals surface area contributed by atoms with Gasteiger partial charge in [0.1, 0.15) is 5.78 Å². The monoisotopic (exact) mass is 239 g/mol. The van der Waals surface area contributed by atoms with Crippen molar-refractivity contribution in [2.24, 2.45) is 10.8 Å². The molecule has 0 bridgehead atoms. The fourth-order valence-electron chi connectivity index (χ4n) is 3.10. The van der Waals surface area contributed by atoms with Crippen LogP contribution < -0.4 is 5.32 Å². The summed E-state index contributed by atoms with van der Waals surface area (Å²) in [5.74, 6) is 0.421. The predicted molar refractivity (Wildman–Crippen MR) is 73.1 cm³/mol. The summed E-state index contributed by atoms with van der Waals surface area (Å²) in [6, 6.07) is 0.361. The lowest BCUT2D eigenvalue weighted by atomic mass is 9.62. The van der Waals surface area contributed by atoms with Crippen molar-refractivity contribution in [2.45, 2.75) is 72.8 Å². The summed E-state index contributed by atoms with van der Waals surface area (Å²) in [4.78, 5) is 12.1. The summed E-state index contributed by atoms with van der Waals surface area (Å²) in [7, 11) is 0. The van der Waals surface area contributed by atoms with Crippen molar-refractivity contribution in [3.05, 3.63) is 0 Å². The van der Waals surface area contributed by atoms with Gasteiger partial charge in [0, 0.05) is 17.9 Å². The Morgan fingerprint density at radius 3 is 2.47 bits per heavy atom. The third-order valence-corrected chi connectivity index (χ3v) is 4.16. The van der Waals surface area contributed by atoms with Crippen molar-refractivity contribution < 1.29 is 4.79 Å². The number of nitrogens with one attached hydrogen (secondary N) is 1. The predicted octanol–water partition coefficient (Wildman–Crippen LogP) is 3.55. The Hall–Kier alpha value is -0.370. The van der Waals surface area contributed by atoms with Gasteiger partial charge in [-0.25, -0.2) is 0 Å². The van der Waals surface area contributed by atoms with Gasteiger partial charge in [-0.15, -0.1) is 0 Å². The maximum atomic E-state index is 12.1. The molecule has 100 valence electrons. The molecule has 0 amide bonds. The molecule has 1 aliphatic carbocycles. The molecule has 0 aromatic heterocycles. The molecule has 17 heavy (non-hydrogen) atoms. The number of hydrogen-bond donors (Lipinski definition) is 1. The lowest BCUT2D eigenvalue weighted by Gasteiger charge is -2.45. The summed E-state index contributed by atoms with van der Waals surface area (Å²) < 4.78 is 0. The zero-order chi connectivity index (χ0) is 13.1. The summed E-state index contributed by atoms with van der Waals surface area (Å²) in [6.07, 6.45) is 5.44. The van der Waals surface area contributed by atoms with Crippen LogP contribution in [0.4, 0.5) is 0 Å². The second kappa shape index (κ2) is 5.51.